The summed E-state index contributed by atoms with van der Waals surface area (Å²) < 4.78 is 1.60. The Labute approximate surface area is 114 Å². The van der Waals surface area contributed by atoms with Crippen LogP contribution in [0, 0.1) is 5.92 Å². The highest BCUT2D eigenvalue weighted by atomic mass is 16.4. The molecule has 0 unspecified atom stereocenters. The first-order valence-electron chi connectivity index (χ1n) is 5.93. The predicted octanol–water partition coefficient (Wildman–Crippen LogP) is 0.654. The van der Waals surface area contributed by atoms with E-state index in [9.17, 15) is 9.59 Å². The van der Waals surface area contributed by atoms with Gasteiger partial charge in [-0.15, -0.1) is 0 Å². The van der Waals surface area contributed by atoms with Crippen molar-refractivity contribution in [2.75, 3.05) is 0 Å². The van der Waals surface area contributed by atoms with E-state index in [1.54, 1.807) is 17.1 Å². The zero-order valence-corrected chi connectivity index (χ0v) is 10.5. The summed E-state index contributed by atoms with van der Waals surface area (Å²) in [4.78, 5) is 25.8. The predicted molar refractivity (Wildman–Crippen MR) is 68.0 cm³/mol. The molecule has 0 atom stereocenters. The van der Waals surface area contributed by atoms with Gasteiger partial charge in [0.2, 0.25) is 0 Å². The molecule has 0 bridgehead atoms. The number of carboxylic acids is 2. The number of carboxylic acid groups (broad SMARTS) is 2. The van der Waals surface area contributed by atoms with Crippen LogP contribution in [0.1, 0.15) is 11.3 Å². The second-order valence-electron chi connectivity index (χ2n) is 4.30. The van der Waals surface area contributed by atoms with Crippen LogP contribution in [0.15, 0.2) is 36.8 Å². The SMILES string of the molecule is O=C(O)C(Cc1cnn(Cc2ccccn2)c1)C(=O)O. The van der Waals surface area contributed by atoms with Gasteiger partial charge in [-0.1, -0.05) is 6.07 Å². The fourth-order valence-electron chi connectivity index (χ4n) is 1.77. The van der Waals surface area contributed by atoms with Crippen molar-refractivity contribution in [3.63, 3.8) is 0 Å². The van der Waals surface area contributed by atoms with Crippen LogP contribution in [-0.4, -0.2) is 36.9 Å². The average molecular weight is 275 g/mol. The molecule has 0 saturated heterocycles. The Morgan fingerprint density at radius 1 is 1.25 bits per heavy atom. The quantitative estimate of drug-likeness (QED) is 0.750. The van der Waals surface area contributed by atoms with E-state index in [0.29, 0.717) is 12.1 Å². The smallest absolute Gasteiger partial charge is 0.318 e. The Morgan fingerprint density at radius 3 is 2.60 bits per heavy atom. The van der Waals surface area contributed by atoms with Crippen molar-refractivity contribution in [3.05, 3.63) is 48.0 Å². The topological polar surface area (TPSA) is 105 Å². The molecule has 0 fully saturated rings. The molecule has 7 nitrogen and oxygen atoms in total. The number of aliphatic carboxylic acids is 2. The number of pyridine rings is 1. The molecule has 7 heteroatoms. The highest BCUT2D eigenvalue weighted by Crippen LogP contribution is 2.10. The lowest BCUT2D eigenvalue weighted by Gasteiger charge is -2.04. The number of hydrogen-bond donors (Lipinski definition) is 2. The monoisotopic (exact) mass is 275 g/mol. The lowest BCUT2D eigenvalue weighted by Crippen LogP contribution is -2.25. The first-order chi connectivity index (χ1) is 9.56. The fraction of sp³-hybridized carbons (Fsp3) is 0.231. The molecule has 0 aliphatic carbocycles. The Balaban J connectivity index is 2.05. The lowest BCUT2D eigenvalue weighted by atomic mass is 10.0. The Bertz CT molecular complexity index is 595. The molecule has 2 aromatic heterocycles. The van der Waals surface area contributed by atoms with Crippen LogP contribution in [0.25, 0.3) is 0 Å². The Morgan fingerprint density at radius 2 is 2.00 bits per heavy atom. The van der Waals surface area contributed by atoms with E-state index in [4.69, 9.17) is 10.2 Å². The normalized spacial score (nSPS) is 10.7. The third-order valence-corrected chi connectivity index (χ3v) is 2.77. The van der Waals surface area contributed by atoms with E-state index in [0.717, 1.165) is 5.69 Å². The molecule has 0 spiro atoms. The summed E-state index contributed by atoms with van der Waals surface area (Å²) in [6.45, 7) is 0.450. The minimum atomic E-state index is -1.46. The van der Waals surface area contributed by atoms with Gasteiger partial charge in [0.1, 0.15) is 0 Å². The molecular formula is C13H13N3O4. The molecule has 0 radical (unpaired) electrons. The largest absolute Gasteiger partial charge is 0.481 e. The summed E-state index contributed by atoms with van der Waals surface area (Å²) >= 11 is 0. The van der Waals surface area contributed by atoms with Crippen LogP contribution in [0.3, 0.4) is 0 Å². The molecule has 0 aromatic carbocycles. The fourth-order valence-corrected chi connectivity index (χ4v) is 1.77. The third-order valence-electron chi connectivity index (χ3n) is 2.77. The highest BCUT2D eigenvalue weighted by molar-refractivity contribution is 5.93. The minimum absolute atomic E-state index is 0.0904. The van der Waals surface area contributed by atoms with Crippen LogP contribution in [0.4, 0.5) is 0 Å². The summed E-state index contributed by atoms with van der Waals surface area (Å²) in [6.07, 6.45) is 4.69. The maximum Gasteiger partial charge on any atom is 0.318 e. The van der Waals surface area contributed by atoms with Crippen molar-refractivity contribution in [2.45, 2.75) is 13.0 Å². The van der Waals surface area contributed by atoms with E-state index in [1.807, 2.05) is 18.2 Å². The Hall–Kier alpha value is -2.70. The second kappa shape index (κ2) is 5.96. The summed E-state index contributed by atoms with van der Waals surface area (Å²) in [6, 6.07) is 5.51. The second-order valence-corrected chi connectivity index (χ2v) is 4.30. The van der Waals surface area contributed by atoms with E-state index in [-0.39, 0.29) is 6.42 Å². The van der Waals surface area contributed by atoms with Crippen molar-refractivity contribution in [1.82, 2.24) is 14.8 Å². The molecule has 2 heterocycles. The van der Waals surface area contributed by atoms with Crippen molar-refractivity contribution in [1.29, 1.82) is 0 Å². The van der Waals surface area contributed by atoms with Gasteiger partial charge in [0, 0.05) is 12.4 Å². The molecule has 0 saturated carbocycles. The van der Waals surface area contributed by atoms with Crippen LogP contribution < -0.4 is 0 Å². The zero-order valence-electron chi connectivity index (χ0n) is 10.5. The van der Waals surface area contributed by atoms with E-state index >= 15 is 0 Å². The molecule has 2 N–H and O–H groups in total. The standard InChI is InChI=1S/C13H13N3O4/c17-12(18)11(13(19)20)5-9-6-15-16(7-9)8-10-3-1-2-4-14-10/h1-4,6-7,11H,5,8H2,(H,17,18)(H,19,20). The molecule has 0 amide bonds. The molecule has 0 aliphatic rings. The van der Waals surface area contributed by atoms with Gasteiger partial charge in [0.15, 0.2) is 5.92 Å². The molecule has 0 aliphatic heterocycles. The first-order valence-corrected chi connectivity index (χ1v) is 5.93. The van der Waals surface area contributed by atoms with Crippen LogP contribution >= 0.6 is 0 Å². The van der Waals surface area contributed by atoms with Gasteiger partial charge >= 0.3 is 11.9 Å². The summed E-state index contributed by atoms with van der Waals surface area (Å²) in [5.41, 5.74) is 1.38. The van der Waals surface area contributed by atoms with Crippen molar-refractivity contribution in [3.8, 4) is 0 Å². The highest BCUT2D eigenvalue weighted by Gasteiger charge is 2.26. The van der Waals surface area contributed by atoms with Crippen LogP contribution in [-0.2, 0) is 22.6 Å². The number of carbonyl (C=O) groups is 2. The van der Waals surface area contributed by atoms with Crippen molar-refractivity contribution in [2.24, 2.45) is 5.92 Å². The van der Waals surface area contributed by atoms with Gasteiger partial charge in [-0.2, -0.15) is 5.10 Å². The minimum Gasteiger partial charge on any atom is -0.481 e. The molecule has 2 rings (SSSR count). The molecule has 2 aromatic rings. The number of nitrogens with zero attached hydrogens (tertiary/aromatic N) is 3. The summed E-state index contributed by atoms with van der Waals surface area (Å²) in [5.74, 6) is -4.16. The van der Waals surface area contributed by atoms with E-state index in [1.165, 1.54) is 6.20 Å². The van der Waals surface area contributed by atoms with Gasteiger partial charge in [-0.3, -0.25) is 19.3 Å². The van der Waals surface area contributed by atoms with E-state index in [2.05, 4.69) is 10.1 Å². The van der Waals surface area contributed by atoms with Crippen LogP contribution in [0.5, 0.6) is 0 Å². The lowest BCUT2D eigenvalue weighted by molar-refractivity contribution is -0.154. The van der Waals surface area contributed by atoms with Gasteiger partial charge < -0.3 is 10.2 Å². The first kappa shape index (κ1) is 13.7. The zero-order chi connectivity index (χ0) is 14.5. The van der Waals surface area contributed by atoms with E-state index < -0.39 is 17.9 Å². The number of hydrogen-bond acceptors (Lipinski definition) is 4. The maximum atomic E-state index is 10.8. The summed E-state index contributed by atoms with van der Waals surface area (Å²) in [7, 11) is 0. The van der Waals surface area contributed by atoms with Crippen molar-refractivity contribution < 1.29 is 19.8 Å². The Kier molecular flexibility index (Phi) is 4.09. The number of rotatable bonds is 6. The number of aromatic nitrogens is 3. The summed E-state index contributed by atoms with van der Waals surface area (Å²) in [5, 5.41) is 21.7. The van der Waals surface area contributed by atoms with Gasteiger partial charge in [-0.25, -0.2) is 0 Å². The molecule has 20 heavy (non-hydrogen) atoms. The van der Waals surface area contributed by atoms with Gasteiger partial charge in [0.05, 0.1) is 18.4 Å². The third kappa shape index (κ3) is 3.41. The van der Waals surface area contributed by atoms with Gasteiger partial charge in [-0.05, 0) is 24.1 Å². The van der Waals surface area contributed by atoms with Gasteiger partial charge in [0.25, 0.3) is 0 Å². The molecular weight excluding hydrogens is 262 g/mol. The molecule has 104 valence electrons. The van der Waals surface area contributed by atoms with Crippen LogP contribution in [0.2, 0.25) is 0 Å². The van der Waals surface area contributed by atoms with Crippen molar-refractivity contribution >= 4 is 11.9 Å². The maximum absolute atomic E-state index is 10.8. The average Bonchev–Trinajstić information content (AvgIpc) is 2.84.